The first-order valence-electron chi connectivity index (χ1n) is 7.27. The van der Waals surface area contributed by atoms with Crippen molar-refractivity contribution in [2.75, 3.05) is 10.6 Å². The van der Waals surface area contributed by atoms with Crippen LogP contribution in [0.25, 0.3) is 0 Å². The van der Waals surface area contributed by atoms with Gasteiger partial charge in [-0.25, -0.2) is 0 Å². The van der Waals surface area contributed by atoms with Crippen LogP contribution in [0.15, 0.2) is 18.2 Å². The Labute approximate surface area is 138 Å². The Morgan fingerprint density at radius 2 is 2.22 bits per heavy atom. The van der Waals surface area contributed by atoms with Crippen LogP contribution in [0.2, 0.25) is 5.15 Å². The molecular formula is C16H17ClN4O2. The number of nitrogens with one attached hydrogen (secondary N) is 2. The quantitative estimate of drug-likeness (QED) is 0.887. The molecular weight excluding hydrogens is 316 g/mol. The van der Waals surface area contributed by atoms with E-state index in [1.807, 2.05) is 19.1 Å². The second-order valence-corrected chi connectivity index (χ2v) is 6.06. The molecule has 23 heavy (non-hydrogen) atoms. The van der Waals surface area contributed by atoms with Crippen LogP contribution in [0.1, 0.15) is 36.1 Å². The monoisotopic (exact) mass is 332 g/mol. The number of hydrogen-bond donors (Lipinski definition) is 2. The number of carbonyl (C=O) groups excluding carboxylic acids is 2. The van der Waals surface area contributed by atoms with Crippen molar-refractivity contribution in [3.63, 3.8) is 0 Å². The molecule has 1 aromatic carbocycles. The van der Waals surface area contributed by atoms with E-state index in [-0.39, 0.29) is 17.7 Å². The summed E-state index contributed by atoms with van der Waals surface area (Å²) >= 11 is 6.37. The summed E-state index contributed by atoms with van der Waals surface area (Å²) < 4.78 is 1.62. The van der Waals surface area contributed by atoms with Gasteiger partial charge in [0.15, 0.2) is 0 Å². The number of hydrogen-bond acceptors (Lipinski definition) is 3. The van der Waals surface area contributed by atoms with Crippen LogP contribution in [0.5, 0.6) is 0 Å². The Morgan fingerprint density at radius 1 is 1.48 bits per heavy atom. The predicted molar refractivity (Wildman–Crippen MR) is 88.8 cm³/mol. The van der Waals surface area contributed by atoms with Crippen LogP contribution in [-0.2, 0) is 16.6 Å². The Balaban J connectivity index is 2.09. The summed E-state index contributed by atoms with van der Waals surface area (Å²) in [5, 5.41) is 10.5. The van der Waals surface area contributed by atoms with Gasteiger partial charge in [0.05, 0.1) is 5.69 Å². The predicted octanol–water partition coefficient (Wildman–Crippen LogP) is 2.81. The normalized spacial score (nSPS) is 16.7. The van der Waals surface area contributed by atoms with Crippen LogP contribution in [0.4, 0.5) is 11.4 Å². The lowest BCUT2D eigenvalue weighted by molar-refractivity contribution is -0.116. The fraction of sp³-hybridized carbons (Fsp3) is 0.312. The fourth-order valence-corrected chi connectivity index (χ4v) is 3.35. The van der Waals surface area contributed by atoms with Gasteiger partial charge in [0.2, 0.25) is 11.8 Å². The molecule has 0 fully saturated rings. The number of benzene rings is 1. The van der Waals surface area contributed by atoms with Crippen molar-refractivity contribution < 1.29 is 9.59 Å². The van der Waals surface area contributed by atoms with Gasteiger partial charge in [-0.05, 0) is 24.6 Å². The van der Waals surface area contributed by atoms with Crippen molar-refractivity contribution in [2.45, 2.75) is 26.2 Å². The van der Waals surface area contributed by atoms with E-state index in [0.29, 0.717) is 22.9 Å². The number of rotatable bonds is 2. The number of carbonyl (C=O) groups is 2. The molecule has 1 aliphatic heterocycles. The summed E-state index contributed by atoms with van der Waals surface area (Å²) in [5.74, 6) is -0.386. The zero-order valence-corrected chi connectivity index (χ0v) is 13.9. The van der Waals surface area contributed by atoms with Gasteiger partial charge in [0, 0.05) is 43.2 Å². The first-order chi connectivity index (χ1) is 10.9. The van der Waals surface area contributed by atoms with Gasteiger partial charge in [-0.3, -0.25) is 14.3 Å². The first-order valence-corrected chi connectivity index (χ1v) is 7.65. The van der Waals surface area contributed by atoms with Crippen molar-refractivity contribution in [3.8, 4) is 0 Å². The third-order valence-electron chi connectivity index (χ3n) is 3.96. The molecule has 120 valence electrons. The van der Waals surface area contributed by atoms with Crippen LogP contribution >= 0.6 is 11.6 Å². The summed E-state index contributed by atoms with van der Waals surface area (Å²) in [5.41, 5.74) is 3.99. The summed E-state index contributed by atoms with van der Waals surface area (Å²) in [6, 6.07) is 5.50. The largest absolute Gasteiger partial charge is 0.326 e. The number of amides is 2. The molecule has 1 aromatic heterocycles. The second-order valence-electron chi connectivity index (χ2n) is 5.70. The van der Waals surface area contributed by atoms with Gasteiger partial charge >= 0.3 is 0 Å². The van der Waals surface area contributed by atoms with Gasteiger partial charge in [-0.1, -0.05) is 17.7 Å². The lowest BCUT2D eigenvalue weighted by Crippen LogP contribution is -2.24. The Hall–Kier alpha value is -2.34. The van der Waals surface area contributed by atoms with Gasteiger partial charge in [0.25, 0.3) is 0 Å². The van der Waals surface area contributed by atoms with E-state index in [0.717, 1.165) is 16.8 Å². The first kappa shape index (κ1) is 15.6. The molecule has 2 N–H and O–H groups in total. The molecule has 2 heterocycles. The third kappa shape index (κ3) is 2.82. The Bertz CT molecular complexity index is 813. The number of aryl methyl sites for hydroxylation is 2. The van der Waals surface area contributed by atoms with Crippen LogP contribution in [0, 0.1) is 6.92 Å². The van der Waals surface area contributed by atoms with Crippen molar-refractivity contribution in [3.05, 3.63) is 40.2 Å². The molecule has 0 radical (unpaired) electrons. The molecule has 0 saturated carbocycles. The average molecular weight is 333 g/mol. The van der Waals surface area contributed by atoms with E-state index in [1.165, 1.54) is 6.92 Å². The zero-order valence-electron chi connectivity index (χ0n) is 13.1. The van der Waals surface area contributed by atoms with Crippen LogP contribution in [0.3, 0.4) is 0 Å². The summed E-state index contributed by atoms with van der Waals surface area (Å²) in [4.78, 5) is 23.3. The highest BCUT2D eigenvalue weighted by atomic mass is 35.5. The number of aromatic nitrogens is 2. The van der Waals surface area contributed by atoms with E-state index in [9.17, 15) is 9.59 Å². The molecule has 7 heteroatoms. The van der Waals surface area contributed by atoms with Gasteiger partial charge in [-0.2, -0.15) is 5.10 Å². The Morgan fingerprint density at radius 3 is 2.83 bits per heavy atom. The summed E-state index contributed by atoms with van der Waals surface area (Å²) in [7, 11) is 1.78. The molecule has 6 nitrogen and oxygen atoms in total. The SMILES string of the molecule is CC(=O)Nc1ccc2c(c1)NC(=O)C[C@@H]2c1c(C)nn(C)c1Cl. The van der Waals surface area contributed by atoms with E-state index < -0.39 is 0 Å². The molecule has 1 aliphatic rings. The zero-order chi connectivity index (χ0) is 16.7. The smallest absolute Gasteiger partial charge is 0.225 e. The third-order valence-corrected chi connectivity index (χ3v) is 4.41. The minimum absolute atomic E-state index is 0.0817. The highest BCUT2D eigenvalue weighted by molar-refractivity contribution is 6.30. The molecule has 3 rings (SSSR count). The van der Waals surface area contributed by atoms with E-state index >= 15 is 0 Å². The van der Waals surface area contributed by atoms with Crippen molar-refractivity contribution in [2.24, 2.45) is 7.05 Å². The standard InChI is InChI=1S/C16H17ClN4O2/c1-8-15(16(17)21(3)20-8)12-7-14(23)19-13-6-10(18-9(2)22)4-5-11(12)13/h4-6,12H,7H2,1-3H3,(H,18,22)(H,19,23)/t12-/m0/s1. The lowest BCUT2D eigenvalue weighted by Gasteiger charge is -2.26. The van der Waals surface area contributed by atoms with E-state index in [1.54, 1.807) is 17.8 Å². The molecule has 0 spiro atoms. The average Bonchev–Trinajstić information content (AvgIpc) is 2.70. The van der Waals surface area contributed by atoms with Gasteiger partial charge in [-0.15, -0.1) is 0 Å². The molecule has 0 saturated heterocycles. The van der Waals surface area contributed by atoms with Gasteiger partial charge < -0.3 is 10.6 Å². The molecule has 2 amide bonds. The maximum Gasteiger partial charge on any atom is 0.225 e. The number of nitrogens with zero attached hydrogens (tertiary/aromatic N) is 2. The van der Waals surface area contributed by atoms with Crippen LogP contribution in [-0.4, -0.2) is 21.6 Å². The van der Waals surface area contributed by atoms with Crippen molar-refractivity contribution >= 4 is 34.8 Å². The second kappa shape index (κ2) is 5.70. The maximum atomic E-state index is 12.1. The van der Waals surface area contributed by atoms with E-state index in [4.69, 9.17) is 11.6 Å². The lowest BCUT2D eigenvalue weighted by atomic mass is 9.85. The number of anilines is 2. The van der Waals surface area contributed by atoms with Crippen molar-refractivity contribution in [1.82, 2.24) is 9.78 Å². The Kier molecular flexibility index (Phi) is 3.85. The highest BCUT2D eigenvalue weighted by Gasteiger charge is 2.31. The minimum atomic E-state index is -0.158. The maximum absolute atomic E-state index is 12.1. The topological polar surface area (TPSA) is 76.0 Å². The van der Waals surface area contributed by atoms with E-state index in [2.05, 4.69) is 15.7 Å². The molecule has 1 atom stereocenters. The summed E-state index contributed by atoms with van der Waals surface area (Å²) in [6.07, 6.45) is 0.318. The number of fused-ring (bicyclic) bond motifs is 1. The minimum Gasteiger partial charge on any atom is -0.326 e. The fourth-order valence-electron chi connectivity index (χ4n) is 3.05. The highest BCUT2D eigenvalue weighted by Crippen LogP contribution is 2.41. The molecule has 0 aliphatic carbocycles. The van der Waals surface area contributed by atoms with Crippen LogP contribution < -0.4 is 10.6 Å². The van der Waals surface area contributed by atoms with Crippen molar-refractivity contribution in [1.29, 1.82) is 0 Å². The molecule has 2 aromatic rings. The molecule has 0 unspecified atom stereocenters. The molecule has 0 bridgehead atoms. The summed E-state index contributed by atoms with van der Waals surface area (Å²) in [6.45, 7) is 3.33. The van der Waals surface area contributed by atoms with Gasteiger partial charge in [0.1, 0.15) is 5.15 Å². The number of halogens is 1.